The molecule has 0 fully saturated rings. The van der Waals surface area contributed by atoms with Gasteiger partial charge in [-0.15, -0.1) is 11.3 Å². The molecule has 3 aromatic rings. The monoisotopic (exact) mass is 380 g/mol. The lowest BCUT2D eigenvalue weighted by Crippen LogP contribution is -2.34. The van der Waals surface area contributed by atoms with E-state index in [9.17, 15) is 9.59 Å². The molecule has 0 spiro atoms. The summed E-state index contributed by atoms with van der Waals surface area (Å²) in [6.45, 7) is 1.68. The van der Waals surface area contributed by atoms with Crippen molar-refractivity contribution in [1.29, 1.82) is 0 Å². The summed E-state index contributed by atoms with van der Waals surface area (Å²) in [7, 11) is 0. The van der Waals surface area contributed by atoms with Crippen LogP contribution in [0.1, 0.15) is 12.6 Å². The topological polar surface area (TPSA) is 93.2 Å². The van der Waals surface area contributed by atoms with Gasteiger partial charge < -0.3 is 15.4 Å². The normalized spacial score (nSPS) is 15.4. The molecule has 1 atom stereocenters. The number of carbonyl (C=O) groups excluding carboxylic acids is 2. The van der Waals surface area contributed by atoms with Crippen LogP contribution < -0.4 is 15.4 Å². The van der Waals surface area contributed by atoms with E-state index in [4.69, 9.17) is 4.74 Å². The number of carbonyl (C=O) groups is 2. The van der Waals surface area contributed by atoms with Crippen molar-refractivity contribution in [1.82, 2.24) is 9.97 Å². The third-order valence-corrected chi connectivity index (χ3v) is 4.89. The lowest BCUT2D eigenvalue weighted by atomic mass is 10.2. The Morgan fingerprint density at radius 1 is 1.33 bits per heavy atom. The van der Waals surface area contributed by atoms with Crippen molar-refractivity contribution in [3.8, 4) is 16.5 Å². The second-order valence-electron chi connectivity index (χ2n) is 6.04. The van der Waals surface area contributed by atoms with E-state index in [0.717, 1.165) is 10.7 Å². The molecular formula is C19H16N4O3S. The van der Waals surface area contributed by atoms with Gasteiger partial charge in [0.1, 0.15) is 10.8 Å². The fraction of sp³-hybridized carbons (Fsp3) is 0.158. The van der Waals surface area contributed by atoms with Crippen LogP contribution in [0.4, 0.5) is 11.4 Å². The molecule has 27 heavy (non-hydrogen) atoms. The van der Waals surface area contributed by atoms with Gasteiger partial charge in [0.15, 0.2) is 6.10 Å². The standard InChI is InChI=1S/C19H16N4O3S/c1-11-18(25)23-15-8-12(5-6-16(15)26-11)21-17(24)9-13-10-27-19(22-13)14-4-2-3-7-20-14/h2-8,10-11H,9H2,1H3,(H,21,24)(H,23,25). The van der Waals surface area contributed by atoms with Gasteiger partial charge in [-0.25, -0.2) is 4.98 Å². The predicted octanol–water partition coefficient (Wildman–Crippen LogP) is 3.11. The molecule has 0 saturated carbocycles. The molecule has 1 unspecified atom stereocenters. The molecule has 2 amide bonds. The number of nitrogens with zero attached hydrogens (tertiary/aromatic N) is 2. The largest absolute Gasteiger partial charge is 0.479 e. The minimum atomic E-state index is -0.532. The Labute approximate surface area is 159 Å². The minimum Gasteiger partial charge on any atom is -0.479 e. The SMILES string of the molecule is CC1Oc2ccc(NC(=O)Cc3csc(-c4ccccn4)n3)cc2NC1=O. The Kier molecular flexibility index (Phi) is 4.55. The summed E-state index contributed by atoms with van der Waals surface area (Å²) in [6, 6.07) is 10.8. The van der Waals surface area contributed by atoms with E-state index in [2.05, 4.69) is 20.6 Å². The second kappa shape index (κ2) is 7.16. The Balaban J connectivity index is 1.42. The number of hydrogen-bond acceptors (Lipinski definition) is 6. The number of aromatic nitrogens is 2. The molecule has 1 aromatic carbocycles. The van der Waals surface area contributed by atoms with Gasteiger partial charge in [-0.1, -0.05) is 6.07 Å². The lowest BCUT2D eigenvalue weighted by Gasteiger charge is -2.23. The van der Waals surface area contributed by atoms with Crippen molar-refractivity contribution in [3.63, 3.8) is 0 Å². The number of hydrogen-bond donors (Lipinski definition) is 2. The quantitative estimate of drug-likeness (QED) is 0.725. The summed E-state index contributed by atoms with van der Waals surface area (Å²) < 4.78 is 5.51. The van der Waals surface area contributed by atoms with Crippen molar-refractivity contribution in [2.45, 2.75) is 19.4 Å². The van der Waals surface area contributed by atoms with Crippen molar-refractivity contribution >= 4 is 34.5 Å². The number of thiazole rings is 1. The second-order valence-corrected chi connectivity index (χ2v) is 6.90. The average Bonchev–Trinajstić information content (AvgIpc) is 3.12. The summed E-state index contributed by atoms with van der Waals surface area (Å²) in [5.74, 6) is 0.180. The van der Waals surface area contributed by atoms with Crippen molar-refractivity contribution in [3.05, 3.63) is 53.7 Å². The van der Waals surface area contributed by atoms with Crippen molar-refractivity contribution in [2.24, 2.45) is 0 Å². The molecule has 0 aliphatic carbocycles. The van der Waals surface area contributed by atoms with Gasteiger partial charge in [-0.05, 0) is 37.3 Å². The zero-order chi connectivity index (χ0) is 18.8. The van der Waals surface area contributed by atoms with Crippen LogP contribution >= 0.6 is 11.3 Å². The number of benzene rings is 1. The van der Waals surface area contributed by atoms with Gasteiger partial charge in [0.05, 0.1) is 23.5 Å². The maximum Gasteiger partial charge on any atom is 0.265 e. The molecule has 7 nitrogen and oxygen atoms in total. The van der Waals surface area contributed by atoms with E-state index in [1.54, 1.807) is 31.3 Å². The number of pyridine rings is 1. The molecule has 0 radical (unpaired) electrons. The number of ether oxygens (including phenoxy) is 1. The molecule has 1 aliphatic heterocycles. The Bertz CT molecular complexity index is 1000. The van der Waals surface area contributed by atoms with E-state index in [1.165, 1.54) is 11.3 Å². The zero-order valence-electron chi connectivity index (χ0n) is 14.4. The zero-order valence-corrected chi connectivity index (χ0v) is 15.2. The molecule has 4 rings (SSSR count). The molecule has 136 valence electrons. The molecule has 3 heterocycles. The highest BCUT2D eigenvalue weighted by molar-refractivity contribution is 7.13. The van der Waals surface area contributed by atoms with E-state index in [1.807, 2.05) is 23.6 Å². The van der Waals surface area contributed by atoms with Crippen LogP contribution in [-0.2, 0) is 16.0 Å². The van der Waals surface area contributed by atoms with E-state index in [0.29, 0.717) is 22.8 Å². The van der Waals surface area contributed by atoms with Crippen LogP contribution in [0.25, 0.3) is 10.7 Å². The van der Waals surface area contributed by atoms with Crippen LogP contribution in [-0.4, -0.2) is 27.9 Å². The first kappa shape index (κ1) is 17.2. The van der Waals surface area contributed by atoms with Crippen LogP contribution in [0.5, 0.6) is 5.75 Å². The van der Waals surface area contributed by atoms with Crippen LogP contribution in [0.2, 0.25) is 0 Å². The summed E-state index contributed by atoms with van der Waals surface area (Å²) in [5.41, 5.74) is 2.59. The van der Waals surface area contributed by atoms with E-state index < -0.39 is 6.10 Å². The number of nitrogens with one attached hydrogen (secondary N) is 2. The highest BCUT2D eigenvalue weighted by atomic mass is 32.1. The Morgan fingerprint density at radius 2 is 2.22 bits per heavy atom. The molecular weight excluding hydrogens is 364 g/mol. The van der Waals surface area contributed by atoms with Crippen LogP contribution in [0, 0.1) is 0 Å². The lowest BCUT2D eigenvalue weighted by molar-refractivity contribution is -0.122. The van der Waals surface area contributed by atoms with E-state index >= 15 is 0 Å². The maximum absolute atomic E-state index is 12.3. The third kappa shape index (κ3) is 3.80. The van der Waals surface area contributed by atoms with Crippen molar-refractivity contribution in [2.75, 3.05) is 10.6 Å². The summed E-state index contributed by atoms with van der Waals surface area (Å²) in [6.07, 6.45) is 1.33. The van der Waals surface area contributed by atoms with E-state index in [-0.39, 0.29) is 18.2 Å². The fourth-order valence-corrected chi connectivity index (χ4v) is 3.45. The van der Waals surface area contributed by atoms with Gasteiger partial charge in [0.2, 0.25) is 5.91 Å². The smallest absolute Gasteiger partial charge is 0.265 e. The molecule has 1 aliphatic rings. The number of amides is 2. The van der Waals surface area contributed by atoms with Crippen molar-refractivity contribution < 1.29 is 14.3 Å². The molecule has 0 bridgehead atoms. The van der Waals surface area contributed by atoms with Crippen LogP contribution in [0.3, 0.4) is 0 Å². The minimum absolute atomic E-state index is 0.153. The molecule has 2 N–H and O–H groups in total. The number of fused-ring (bicyclic) bond motifs is 1. The highest BCUT2D eigenvalue weighted by Crippen LogP contribution is 2.32. The van der Waals surface area contributed by atoms with Gasteiger partial charge in [0, 0.05) is 17.3 Å². The third-order valence-electron chi connectivity index (χ3n) is 3.97. The number of anilines is 2. The Hall–Kier alpha value is -3.26. The number of rotatable bonds is 4. The predicted molar refractivity (Wildman–Crippen MR) is 103 cm³/mol. The first-order valence-corrected chi connectivity index (χ1v) is 9.24. The van der Waals surface area contributed by atoms with Gasteiger partial charge in [-0.2, -0.15) is 0 Å². The van der Waals surface area contributed by atoms with Gasteiger partial charge in [0.25, 0.3) is 5.91 Å². The van der Waals surface area contributed by atoms with Crippen LogP contribution in [0.15, 0.2) is 48.0 Å². The average molecular weight is 380 g/mol. The first-order chi connectivity index (χ1) is 13.1. The first-order valence-electron chi connectivity index (χ1n) is 8.36. The molecule has 8 heteroatoms. The summed E-state index contributed by atoms with van der Waals surface area (Å²) in [4.78, 5) is 32.8. The Morgan fingerprint density at radius 3 is 3.04 bits per heavy atom. The van der Waals surface area contributed by atoms with Gasteiger partial charge >= 0.3 is 0 Å². The van der Waals surface area contributed by atoms with Gasteiger partial charge in [-0.3, -0.25) is 14.6 Å². The summed E-state index contributed by atoms with van der Waals surface area (Å²) >= 11 is 1.45. The molecule has 0 saturated heterocycles. The highest BCUT2D eigenvalue weighted by Gasteiger charge is 2.23. The fourth-order valence-electron chi connectivity index (χ4n) is 2.65. The molecule has 2 aromatic heterocycles. The maximum atomic E-state index is 12.3. The summed E-state index contributed by atoms with van der Waals surface area (Å²) in [5, 5.41) is 8.21.